The number of rotatable bonds is 6. The first-order valence-electron chi connectivity index (χ1n) is 15.4. The molecule has 0 bridgehead atoms. The van der Waals surface area contributed by atoms with Crippen LogP contribution in [0.25, 0.3) is 33.4 Å². The van der Waals surface area contributed by atoms with Gasteiger partial charge in [-0.25, -0.2) is 4.99 Å². The van der Waals surface area contributed by atoms with Gasteiger partial charge in [0.2, 0.25) is 0 Å². The number of hydrogen-bond donors (Lipinski definition) is 1. The molecule has 6 aromatic carbocycles. The minimum atomic E-state index is -0.0293. The molecule has 0 aliphatic heterocycles. The summed E-state index contributed by atoms with van der Waals surface area (Å²) < 4.78 is 0. The number of hydrogen-bond acceptors (Lipinski definition) is 1. The lowest BCUT2D eigenvalue weighted by Gasteiger charge is -2.21. The monoisotopic (exact) mass is 581 g/mol. The van der Waals surface area contributed by atoms with Gasteiger partial charge in [-0.15, -0.1) is 0 Å². The zero-order valence-corrected chi connectivity index (χ0v) is 25.6. The highest BCUT2D eigenvalue weighted by molar-refractivity contribution is 6.13. The number of aliphatic imine (C=N–C) groups is 2. The van der Waals surface area contributed by atoms with E-state index in [1.54, 1.807) is 0 Å². The summed E-state index contributed by atoms with van der Waals surface area (Å²) in [7, 11) is 0. The van der Waals surface area contributed by atoms with E-state index in [0.717, 1.165) is 27.8 Å². The Morgan fingerprint density at radius 1 is 0.556 bits per heavy atom. The number of nitrogens with two attached hydrogens (primary N) is 1. The Hall–Kier alpha value is -5.54. The Balaban J connectivity index is 1.29. The number of benzene rings is 6. The summed E-state index contributed by atoms with van der Waals surface area (Å²) in [6.07, 6.45) is 0. The van der Waals surface area contributed by atoms with E-state index in [-0.39, 0.29) is 5.41 Å². The van der Waals surface area contributed by atoms with Crippen LogP contribution < -0.4 is 5.73 Å². The maximum absolute atomic E-state index is 6.54. The highest BCUT2D eigenvalue weighted by Gasteiger charge is 2.36. The van der Waals surface area contributed by atoms with Gasteiger partial charge in [0, 0.05) is 16.5 Å². The summed E-state index contributed by atoms with van der Waals surface area (Å²) in [5.74, 6) is 1.05. The van der Waals surface area contributed by atoms with E-state index in [9.17, 15) is 0 Å². The van der Waals surface area contributed by atoms with Crippen LogP contribution in [0.5, 0.6) is 0 Å². The molecule has 0 aromatic heterocycles. The molecule has 6 aromatic rings. The molecule has 1 aliphatic carbocycles. The average Bonchev–Trinajstić information content (AvgIpc) is 3.34. The molecular weight excluding hydrogens is 546 g/mol. The highest BCUT2D eigenvalue weighted by Crippen LogP contribution is 2.51. The molecule has 45 heavy (non-hydrogen) atoms. The Morgan fingerprint density at radius 2 is 1.11 bits per heavy atom. The third-order valence-corrected chi connectivity index (χ3v) is 8.83. The van der Waals surface area contributed by atoms with Gasteiger partial charge in [-0.1, -0.05) is 166 Å². The van der Waals surface area contributed by atoms with Crippen LogP contribution in [0.15, 0.2) is 162 Å². The molecule has 0 heterocycles. The van der Waals surface area contributed by atoms with Crippen molar-refractivity contribution in [2.75, 3.05) is 0 Å². The lowest BCUT2D eigenvalue weighted by molar-refractivity contribution is 0.660. The molecule has 0 spiro atoms. The van der Waals surface area contributed by atoms with Crippen LogP contribution in [0.4, 0.5) is 0 Å². The van der Waals surface area contributed by atoms with Crippen molar-refractivity contribution in [3.63, 3.8) is 0 Å². The van der Waals surface area contributed by atoms with Crippen LogP contribution in [0.1, 0.15) is 41.7 Å². The first-order valence-corrected chi connectivity index (χ1v) is 15.4. The molecule has 3 nitrogen and oxygen atoms in total. The Morgan fingerprint density at radius 3 is 1.84 bits per heavy atom. The zero-order chi connectivity index (χ0) is 30.8. The molecule has 0 fully saturated rings. The first-order chi connectivity index (χ1) is 22.0. The van der Waals surface area contributed by atoms with E-state index in [1.807, 2.05) is 54.6 Å². The van der Waals surface area contributed by atoms with Crippen LogP contribution in [0.2, 0.25) is 0 Å². The van der Waals surface area contributed by atoms with Crippen molar-refractivity contribution in [3.05, 3.63) is 179 Å². The standard InChI is InChI=1S/C42H35N3/c1-42(2)37-22-12-11-20-36(37)39-34(21-13-23-38(39)42)31-26-24-30(25-27-31)33-18-9-10-19-35(33)41(44-28-29-14-5-3-6-15-29)45-40(43)32-16-7-4-8-17-32/h3-27H,28H2,1-2H3,(H2,43,44,45). The van der Waals surface area contributed by atoms with Crippen LogP contribution in [-0.4, -0.2) is 11.7 Å². The predicted molar refractivity (Wildman–Crippen MR) is 189 cm³/mol. The lowest BCUT2D eigenvalue weighted by Crippen LogP contribution is -2.16. The molecule has 0 amide bonds. The molecular formula is C42H35N3. The van der Waals surface area contributed by atoms with Gasteiger partial charge in [0.25, 0.3) is 0 Å². The fourth-order valence-corrected chi connectivity index (χ4v) is 6.47. The van der Waals surface area contributed by atoms with Crippen molar-refractivity contribution in [2.24, 2.45) is 15.7 Å². The second kappa shape index (κ2) is 11.9. The minimum Gasteiger partial charge on any atom is -0.383 e. The molecule has 7 rings (SSSR count). The number of fused-ring (bicyclic) bond motifs is 3. The van der Waals surface area contributed by atoms with E-state index < -0.39 is 0 Å². The van der Waals surface area contributed by atoms with Gasteiger partial charge in [0.15, 0.2) is 5.84 Å². The maximum Gasteiger partial charge on any atom is 0.157 e. The molecule has 1 aliphatic rings. The van der Waals surface area contributed by atoms with Crippen LogP contribution in [0.3, 0.4) is 0 Å². The van der Waals surface area contributed by atoms with Crippen molar-refractivity contribution in [3.8, 4) is 33.4 Å². The average molecular weight is 582 g/mol. The SMILES string of the molecule is CC1(C)c2ccccc2-c2c(-c3ccc(-c4ccccc4C(/N=C(\N)c4ccccc4)=N/Cc4ccccc4)cc3)cccc21. The van der Waals surface area contributed by atoms with E-state index in [2.05, 4.69) is 111 Å². The molecule has 0 unspecified atom stereocenters. The Kier molecular flexibility index (Phi) is 7.44. The summed E-state index contributed by atoms with van der Waals surface area (Å²) in [5.41, 5.74) is 19.5. The zero-order valence-electron chi connectivity index (χ0n) is 25.6. The highest BCUT2D eigenvalue weighted by atomic mass is 15.0. The smallest absolute Gasteiger partial charge is 0.157 e. The second-order valence-corrected chi connectivity index (χ2v) is 12.0. The van der Waals surface area contributed by atoms with Crippen molar-refractivity contribution < 1.29 is 0 Å². The maximum atomic E-state index is 6.54. The van der Waals surface area contributed by atoms with Crippen LogP contribution in [-0.2, 0) is 12.0 Å². The lowest BCUT2D eigenvalue weighted by atomic mass is 9.82. The third-order valence-electron chi connectivity index (χ3n) is 8.83. The Labute approximate surface area is 265 Å². The van der Waals surface area contributed by atoms with Crippen LogP contribution in [0, 0.1) is 0 Å². The summed E-state index contributed by atoms with van der Waals surface area (Å²) in [6, 6.07) is 52.8. The van der Waals surface area contributed by atoms with Crippen molar-refractivity contribution in [1.29, 1.82) is 0 Å². The summed E-state index contributed by atoms with van der Waals surface area (Å²) in [4.78, 5) is 9.91. The summed E-state index contributed by atoms with van der Waals surface area (Å²) in [5, 5.41) is 0. The quantitative estimate of drug-likeness (QED) is 0.154. The Bertz CT molecular complexity index is 2040. The predicted octanol–water partition coefficient (Wildman–Crippen LogP) is 9.68. The van der Waals surface area contributed by atoms with E-state index in [1.165, 1.54) is 33.4 Å². The van der Waals surface area contributed by atoms with Crippen molar-refractivity contribution >= 4 is 11.7 Å². The molecule has 218 valence electrons. The number of nitrogens with zero attached hydrogens (tertiary/aromatic N) is 2. The van der Waals surface area contributed by atoms with Gasteiger partial charge in [-0.3, -0.25) is 4.99 Å². The third kappa shape index (κ3) is 5.38. The molecule has 0 saturated heterocycles. The van der Waals surface area contributed by atoms with Crippen LogP contribution >= 0.6 is 0 Å². The second-order valence-electron chi connectivity index (χ2n) is 12.0. The van der Waals surface area contributed by atoms with E-state index in [0.29, 0.717) is 18.2 Å². The molecule has 0 atom stereocenters. The first kappa shape index (κ1) is 28.2. The topological polar surface area (TPSA) is 50.7 Å². The number of amidine groups is 2. The summed E-state index contributed by atoms with van der Waals surface area (Å²) >= 11 is 0. The van der Waals surface area contributed by atoms with Gasteiger partial charge in [0.1, 0.15) is 5.84 Å². The minimum absolute atomic E-state index is 0.0293. The van der Waals surface area contributed by atoms with Crippen molar-refractivity contribution in [2.45, 2.75) is 25.8 Å². The molecule has 0 radical (unpaired) electrons. The molecule has 0 saturated carbocycles. The van der Waals surface area contributed by atoms with E-state index in [4.69, 9.17) is 15.7 Å². The van der Waals surface area contributed by atoms with Gasteiger partial charge < -0.3 is 5.73 Å². The largest absolute Gasteiger partial charge is 0.383 e. The molecule has 3 heteroatoms. The fraction of sp³-hybridized carbons (Fsp3) is 0.0952. The molecule has 2 N–H and O–H groups in total. The van der Waals surface area contributed by atoms with Gasteiger partial charge >= 0.3 is 0 Å². The van der Waals surface area contributed by atoms with Crippen molar-refractivity contribution in [1.82, 2.24) is 0 Å². The van der Waals surface area contributed by atoms with Gasteiger partial charge in [-0.2, -0.15) is 0 Å². The fourth-order valence-electron chi connectivity index (χ4n) is 6.47. The normalized spacial score (nSPS) is 13.7. The van der Waals surface area contributed by atoms with Gasteiger partial charge in [0.05, 0.1) is 6.54 Å². The van der Waals surface area contributed by atoms with Gasteiger partial charge in [-0.05, 0) is 50.1 Å². The summed E-state index contributed by atoms with van der Waals surface area (Å²) in [6.45, 7) is 5.16. The van der Waals surface area contributed by atoms with E-state index >= 15 is 0 Å².